The average Bonchev–Trinajstić information content (AvgIpc) is 2.21. The second-order valence-electron chi connectivity index (χ2n) is 3.55. The van der Waals surface area contributed by atoms with Gasteiger partial charge in [0.25, 0.3) is 0 Å². The SMILES string of the molecule is CCC(C)C(N)C(=O)NCCCOC.Cl. The zero-order valence-corrected chi connectivity index (χ0v) is 10.6. The lowest BCUT2D eigenvalue weighted by atomic mass is 9.99. The summed E-state index contributed by atoms with van der Waals surface area (Å²) in [6.07, 6.45) is 1.75. The monoisotopic (exact) mass is 238 g/mol. The Labute approximate surface area is 98.3 Å². The Bertz CT molecular complexity index is 168. The normalized spacial score (nSPS) is 13.9. The first kappa shape index (κ1) is 17.1. The van der Waals surface area contributed by atoms with E-state index >= 15 is 0 Å². The number of carbonyl (C=O) groups is 1. The van der Waals surface area contributed by atoms with Crippen LogP contribution in [0.15, 0.2) is 0 Å². The number of methoxy groups -OCH3 is 1. The lowest BCUT2D eigenvalue weighted by molar-refractivity contribution is -0.123. The number of ether oxygens (including phenoxy) is 1. The Kier molecular flexibility index (Phi) is 11.6. The van der Waals surface area contributed by atoms with Crippen molar-refractivity contribution in [2.24, 2.45) is 11.7 Å². The molecule has 0 spiro atoms. The molecule has 0 fully saturated rings. The summed E-state index contributed by atoms with van der Waals surface area (Å²) >= 11 is 0. The van der Waals surface area contributed by atoms with E-state index in [1.807, 2.05) is 13.8 Å². The predicted molar refractivity (Wildman–Crippen MR) is 64.2 cm³/mol. The van der Waals surface area contributed by atoms with Crippen LogP contribution in [0.4, 0.5) is 0 Å². The molecule has 0 radical (unpaired) electrons. The molecule has 0 bridgehead atoms. The van der Waals surface area contributed by atoms with Crippen LogP contribution in [0.25, 0.3) is 0 Å². The molecule has 0 saturated heterocycles. The van der Waals surface area contributed by atoms with Crippen LogP contribution in [0.3, 0.4) is 0 Å². The number of nitrogens with two attached hydrogens (primary N) is 1. The number of hydrogen-bond donors (Lipinski definition) is 2. The number of nitrogens with one attached hydrogen (secondary N) is 1. The first-order valence-electron chi connectivity index (χ1n) is 5.15. The fourth-order valence-electron chi connectivity index (χ4n) is 1.06. The highest BCUT2D eigenvalue weighted by Gasteiger charge is 2.18. The van der Waals surface area contributed by atoms with Crippen molar-refractivity contribution in [3.8, 4) is 0 Å². The van der Waals surface area contributed by atoms with Crippen molar-refractivity contribution in [1.82, 2.24) is 5.32 Å². The summed E-state index contributed by atoms with van der Waals surface area (Å²) in [6, 6.07) is -0.387. The quantitative estimate of drug-likeness (QED) is 0.649. The number of rotatable bonds is 7. The minimum atomic E-state index is -0.387. The van der Waals surface area contributed by atoms with Gasteiger partial charge in [-0.3, -0.25) is 4.79 Å². The number of amides is 1. The zero-order valence-electron chi connectivity index (χ0n) is 9.79. The Morgan fingerprint density at radius 3 is 2.60 bits per heavy atom. The Morgan fingerprint density at radius 2 is 2.13 bits per heavy atom. The van der Waals surface area contributed by atoms with Gasteiger partial charge in [0.15, 0.2) is 0 Å². The fraction of sp³-hybridized carbons (Fsp3) is 0.900. The van der Waals surface area contributed by atoms with E-state index in [0.29, 0.717) is 13.2 Å². The number of hydrogen-bond acceptors (Lipinski definition) is 3. The minimum Gasteiger partial charge on any atom is -0.385 e. The van der Waals surface area contributed by atoms with Crippen LogP contribution in [0, 0.1) is 5.92 Å². The van der Waals surface area contributed by atoms with Crippen LogP contribution < -0.4 is 11.1 Å². The Hall–Kier alpha value is -0.320. The third kappa shape index (κ3) is 7.59. The van der Waals surface area contributed by atoms with Gasteiger partial charge in [0.05, 0.1) is 6.04 Å². The molecule has 0 aliphatic heterocycles. The Morgan fingerprint density at radius 1 is 1.53 bits per heavy atom. The average molecular weight is 239 g/mol. The summed E-state index contributed by atoms with van der Waals surface area (Å²) in [5, 5.41) is 2.79. The van der Waals surface area contributed by atoms with Gasteiger partial charge in [0, 0.05) is 20.3 Å². The molecule has 2 unspecified atom stereocenters. The third-order valence-corrected chi connectivity index (χ3v) is 2.38. The highest BCUT2D eigenvalue weighted by Crippen LogP contribution is 2.04. The number of carbonyl (C=O) groups excluding carboxylic acids is 1. The summed E-state index contributed by atoms with van der Waals surface area (Å²) < 4.78 is 4.87. The molecule has 0 aromatic carbocycles. The Balaban J connectivity index is 0. The van der Waals surface area contributed by atoms with Crippen molar-refractivity contribution in [2.45, 2.75) is 32.7 Å². The lowest BCUT2D eigenvalue weighted by Gasteiger charge is -2.17. The van der Waals surface area contributed by atoms with Gasteiger partial charge < -0.3 is 15.8 Å². The molecule has 0 aromatic rings. The number of halogens is 1. The van der Waals surface area contributed by atoms with Crippen molar-refractivity contribution in [3.05, 3.63) is 0 Å². The molecule has 3 N–H and O–H groups in total. The molecule has 0 aliphatic rings. The van der Waals surface area contributed by atoms with E-state index in [0.717, 1.165) is 12.8 Å². The highest BCUT2D eigenvalue weighted by atomic mass is 35.5. The summed E-state index contributed by atoms with van der Waals surface area (Å²) in [4.78, 5) is 11.4. The first-order valence-corrected chi connectivity index (χ1v) is 5.15. The van der Waals surface area contributed by atoms with Crippen LogP contribution in [0.1, 0.15) is 26.7 Å². The van der Waals surface area contributed by atoms with Gasteiger partial charge in [-0.2, -0.15) is 0 Å². The fourth-order valence-corrected chi connectivity index (χ4v) is 1.06. The summed E-state index contributed by atoms with van der Waals surface area (Å²) in [6.45, 7) is 5.32. The van der Waals surface area contributed by atoms with E-state index in [1.165, 1.54) is 0 Å². The maximum Gasteiger partial charge on any atom is 0.237 e. The van der Waals surface area contributed by atoms with Crippen molar-refractivity contribution >= 4 is 18.3 Å². The van der Waals surface area contributed by atoms with Gasteiger partial charge in [-0.1, -0.05) is 20.3 Å². The van der Waals surface area contributed by atoms with Gasteiger partial charge in [-0.25, -0.2) is 0 Å². The van der Waals surface area contributed by atoms with Gasteiger partial charge in [-0.05, 0) is 12.3 Å². The van der Waals surface area contributed by atoms with Crippen LogP contribution in [-0.4, -0.2) is 32.2 Å². The smallest absolute Gasteiger partial charge is 0.237 e. The van der Waals surface area contributed by atoms with E-state index in [-0.39, 0.29) is 30.3 Å². The minimum absolute atomic E-state index is 0. The summed E-state index contributed by atoms with van der Waals surface area (Å²) in [5.74, 6) is 0.174. The molecule has 1 amide bonds. The van der Waals surface area contributed by atoms with Gasteiger partial charge in [0.2, 0.25) is 5.91 Å². The molecule has 4 nitrogen and oxygen atoms in total. The van der Waals surface area contributed by atoms with Gasteiger partial charge in [-0.15, -0.1) is 12.4 Å². The van der Waals surface area contributed by atoms with E-state index in [4.69, 9.17) is 10.5 Å². The second kappa shape index (κ2) is 10.2. The van der Waals surface area contributed by atoms with E-state index in [2.05, 4.69) is 5.32 Å². The van der Waals surface area contributed by atoms with Crippen LogP contribution in [0.5, 0.6) is 0 Å². The van der Waals surface area contributed by atoms with E-state index in [9.17, 15) is 4.79 Å². The molecule has 0 aromatic heterocycles. The molecule has 5 heteroatoms. The maximum absolute atomic E-state index is 11.4. The molecule has 2 atom stereocenters. The first-order chi connectivity index (χ1) is 6.63. The molecule has 0 aliphatic carbocycles. The zero-order chi connectivity index (χ0) is 11.0. The van der Waals surface area contributed by atoms with Crippen molar-refractivity contribution in [1.29, 1.82) is 0 Å². The molecular weight excluding hydrogens is 216 g/mol. The van der Waals surface area contributed by atoms with Crippen molar-refractivity contribution in [3.63, 3.8) is 0 Å². The van der Waals surface area contributed by atoms with Gasteiger partial charge in [0.1, 0.15) is 0 Å². The summed E-state index contributed by atoms with van der Waals surface area (Å²) in [7, 11) is 1.65. The predicted octanol–water partition coefficient (Wildman–Crippen LogP) is 0.934. The van der Waals surface area contributed by atoms with Crippen LogP contribution >= 0.6 is 12.4 Å². The molecular formula is C10H23ClN2O2. The lowest BCUT2D eigenvalue weighted by Crippen LogP contribution is -2.44. The molecule has 92 valence electrons. The summed E-state index contributed by atoms with van der Waals surface area (Å²) in [5.41, 5.74) is 5.74. The van der Waals surface area contributed by atoms with Crippen molar-refractivity contribution < 1.29 is 9.53 Å². The van der Waals surface area contributed by atoms with E-state index < -0.39 is 0 Å². The highest BCUT2D eigenvalue weighted by molar-refractivity contribution is 5.85. The second-order valence-corrected chi connectivity index (χ2v) is 3.55. The van der Waals surface area contributed by atoms with Crippen molar-refractivity contribution in [2.75, 3.05) is 20.3 Å². The van der Waals surface area contributed by atoms with Crippen LogP contribution in [0.2, 0.25) is 0 Å². The van der Waals surface area contributed by atoms with E-state index in [1.54, 1.807) is 7.11 Å². The third-order valence-electron chi connectivity index (χ3n) is 2.38. The largest absolute Gasteiger partial charge is 0.385 e. The maximum atomic E-state index is 11.4. The van der Waals surface area contributed by atoms with Crippen LogP contribution in [-0.2, 0) is 9.53 Å². The molecule has 0 rings (SSSR count). The molecule has 0 heterocycles. The molecule has 0 saturated carbocycles. The van der Waals surface area contributed by atoms with Gasteiger partial charge >= 0.3 is 0 Å². The molecule has 15 heavy (non-hydrogen) atoms. The standard InChI is InChI=1S/C10H22N2O2.ClH/c1-4-8(2)9(11)10(13)12-6-5-7-14-3;/h8-9H,4-7,11H2,1-3H3,(H,12,13);1H. The topological polar surface area (TPSA) is 64.4 Å².